The lowest BCUT2D eigenvalue weighted by atomic mass is 10.0. The number of likely N-dealkylation sites (tertiary alicyclic amines) is 1. The summed E-state index contributed by atoms with van der Waals surface area (Å²) in [5, 5.41) is 17.4. The number of benzene rings is 1. The van der Waals surface area contributed by atoms with Crippen molar-refractivity contribution in [3.8, 4) is 5.88 Å². The Balaban J connectivity index is 1.14. The van der Waals surface area contributed by atoms with Crippen molar-refractivity contribution in [1.29, 1.82) is 0 Å². The number of aliphatic hydroxyl groups is 1. The molecule has 2 aliphatic rings. The number of anilines is 1. The van der Waals surface area contributed by atoms with Crippen LogP contribution in [0, 0.1) is 0 Å². The Morgan fingerprint density at radius 2 is 2.12 bits per heavy atom. The Hall–Kier alpha value is -2.79. The van der Waals surface area contributed by atoms with Crippen molar-refractivity contribution < 1.29 is 14.6 Å². The fourth-order valence-corrected chi connectivity index (χ4v) is 5.18. The second-order valence-corrected chi connectivity index (χ2v) is 9.60. The van der Waals surface area contributed by atoms with Gasteiger partial charge in [0.05, 0.1) is 46.8 Å². The first-order valence-electron chi connectivity index (χ1n) is 11.4. The lowest BCUT2D eigenvalue weighted by Gasteiger charge is -2.33. The molecule has 1 atom stereocenters. The number of fused-ring (bicyclic) bond motifs is 2. The molecular weight excluding hydrogens is 452 g/mol. The van der Waals surface area contributed by atoms with E-state index in [1.54, 1.807) is 13.3 Å². The number of nitrogens with zero attached hydrogens (tertiary/aromatic N) is 4. The normalized spacial score (nSPS) is 17.9. The van der Waals surface area contributed by atoms with Crippen molar-refractivity contribution in [2.24, 2.45) is 0 Å². The fourth-order valence-electron chi connectivity index (χ4n) is 4.42. The number of para-hydroxylation sites is 1. The largest absolute Gasteiger partial charge is 0.480 e. The topological polar surface area (TPSA) is 113 Å². The second-order valence-electron chi connectivity index (χ2n) is 8.59. The highest BCUT2D eigenvalue weighted by Crippen LogP contribution is 2.30. The molecule has 0 aliphatic carbocycles. The average molecular weight is 481 g/mol. The van der Waals surface area contributed by atoms with Crippen LogP contribution in [-0.2, 0) is 11.3 Å². The Morgan fingerprint density at radius 3 is 2.94 bits per heavy atom. The minimum absolute atomic E-state index is 0.000601. The van der Waals surface area contributed by atoms with Gasteiger partial charge in [0.2, 0.25) is 11.8 Å². The molecule has 34 heavy (non-hydrogen) atoms. The highest BCUT2D eigenvalue weighted by molar-refractivity contribution is 8.00. The van der Waals surface area contributed by atoms with Crippen LogP contribution in [0.5, 0.6) is 5.88 Å². The molecule has 1 saturated heterocycles. The first-order valence-corrected chi connectivity index (χ1v) is 12.4. The van der Waals surface area contributed by atoms with Gasteiger partial charge in [-0.2, -0.15) is 0 Å². The summed E-state index contributed by atoms with van der Waals surface area (Å²) in [5.74, 6) is 1.55. The molecule has 1 amide bonds. The first kappa shape index (κ1) is 23.0. The predicted molar refractivity (Wildman–Crippen MR) is 131 cm³/mol. The van der Waals surface area contributed by atoms with Gasteiger partial charge in [-0.1, -0.05) is 12.1 Å². The number of aromatic nitrogens is 3. The molecule has 3 N–H and O–H groups in total. The van der Waals surface area contributed by atoms with Crippen LogP contribution in [0.3, 0.4) is 0 Å². The zero-order valence-corrected chi connectivity index (χ0v) is 19.8. The number of rotatable bonds is 7. The minimum atomic E-state index is -0.651. The van der Waals surface area contributed by atoms with E-state index in [-0.39, 0.29) is 5.91 Å². The van der Waals surface area contributed by atoms with E-state index in [2.05, 4.69) is 30.5 Å². The standard InChI is InChI=1S/C24H28N6O3S/c1-33-22-12-26-18-4-2-3-17(23(18)29-22)19(31)13-30-9-7-15(8-10-30)25-11-16-5-6-20-24(27-16)28-21(32)14-34-20/h2-6,12,15,19,25,31H,7-11,13-14H2,1H3,(H,27,28,32). The van der Waals surface area contributed by atoms with Gasteiger partial charge in [0.15, 0.2) is 0 Å². The second kappa shape index (κ2) is 10.2. The zero-order valence-electron chi connectivity index (χ0n) is 19.0. The van der Waals surface area contributed by atoms with Gasteiger partial charge in [-0.25, -0.2) is 15.0 Å². The molecule has 0 radical (unpaired) electrons. The molecule has 9 nitrogen and oxygen atoms in total. The van der Waals surface area contributed by atoms with Crippen molar-refractivity contribution >= 4 is 34.5 Å². The van der Waals surface area contributed by atoms with Crippen molar-refractivity contribution in [1.82, 2.24) is 25.2 Å². The summed E-state index contributed by atoms with van der Waals surface area (Å²) in [6, 6.07) is 10.1. The zero-order chi connectivity index (χ0) is 23.5. The molecule has 0 bridgehead atoms. The van der Waals surface area contributed by atoms with Gasteiger partial charge in [-0.05, 0) is 44.1 Å². The highest BCUT2D eigenvalue weighted by atomic mass is 32.2. The van der Waals surface area contributed by atoms with Gasteiger partial charge in [-0.15, -0.1) is 11.8 Å². The molecule has 2 aromatic heterocycles. The maximum Gasteiger partial charge on any atom is 0.235 e. The van der Waals surface area contributed by atoms with E-state index in [1.165, 1.54) is 11.8 Å². The molecular formula is C24H28N6O3S. The lowest BCUT2D eigenvalue weighted by Crippen LogP contribution is -2.43. The predicted octanol–water partition coefficient (Wildman–Crippen LogP) is 2.37. The number of hydrogen-bond donors (Lipinski definition) is 3. The number of amides is 1. The van der Waals surface area contributed by atoms with Crippen LogP contribution in [-0.4, -0.2) is 69.4 Å². The molecule has 1 fully saturated rings. The van der Waals surface area contributed by atoms with Crippen LogP contribution >= 0.6 is 11.8 Å². The van der Waals surface area contributed by atoms with E-state index < -0.39 is 6.10 Å². The van der Waals surface area contributed by atoms with E-state index in [0.29, 0.717) is 42.1 Å². The number of ether oxygens (including phenoxy) is 1. The number of nitrogens with one attached hydrogen (secondary N) is 2. The Bertz CT molecular complexity index is 1180. The summed E-state index contributed by atoms with van der Waals surface area (Å²) in [7, 11) is 1.56. The van der Waals surface area contributed by atoms with Gasteiger partial charge in [0.25, 0.3) is 0 Å². The van der Waals surface area contributed by atoms with Gasteiger partial charge < -0.3 is 25.4 Å². The molecule has 5 rings (SSSR count). The number of piperidine rings is 1. The summed E-state index contributed by atoms with van der Waals surface area (Å²) in [4.78, 5) is 28.4. The van der Waals surface area contributed by atoms with Crippen LogP contribution in [0.25, 0.3) is 11.0 Å². The number of thioether (sulfide) groups is 1. The van der Waals surface area contributed by atoms with Crippen LogP contribution in [0.2, 0.25) is 0 Å². The molecule has 1 aromatic carbocycles. The number of β-amino-alcohol motifs (C(OH)–C–C–N with tert-alkyl or cyclic N) is 1. The van der Waals surface area contributed by atoms with Crippen molar-refractivity contribution in [3.05, 3.63) is 47.8 Å². The highest BCUT2D eigenvalue weighted by Gasteiger charge is 2.23. The molecule has 0 spiro atoms. The molecule has 3 aromatic rings. The van der Waals surface area contributed by atoms with E-state index in [0.717, 1.165) is 47.6 Å². The van der Waals surface area contributed by atoms with Crippen molar-refractivity contribution in [2.45, 2.75) is 36.4 Å². The third-order valence-corrected chi connectivity index (χ3v) is 7.32. The summed E-state index contributed by atoms with van der Waals surface area (Å²) >= 11 is 1.52. The van der Waals surface area contributed by atoms with E-state index in [1.807, 2.05) is 30.3 Å². The monoisotopic (exact) mass is 480 g/mol. The van der Waals surface area contributed by atoms with Crippen LogP contribution < -0.4 is 15.4 Å². The van der Waals surface area contributed by atoms with Crippen LogP contribution in [0.15, 0.2) is 41.4 Å². The van der Waals surface area contributed by atoms with Crippen LogP contribution in [0.1, 0.15) is 30.2 Å². The number of carbonyl (C=O) groups excluding carboxylic acids is 1. The molecule has 2 aliphatic heterocycles. The summed E-state index contributed by atoms with van der Waals surface area (Å²) in [5.41, 5.74) is 3.12. The Morgan fingerprint density at radius 1 is 1.26 bits per heavy atom. The number of hydrogen-bond acceptors (Lipinski definition) is 9. The smallest absolute Gasteiger partial charge is 0.235 e. The lowest BCUT2D eigenvalue weighted by molar-refractivity contribution is -0.113. The maximum atomic E-state index is 11.6. The van der Waals surface area contributed by atoms with Gasteiger partial charge in [-0.3, -0.25) is 4.79 Å². The Kier molecular flexibility index (Phi) is 6.91. The molecule has 10 heteroatoms. The minimum Gasteiger partial charge on any atom is -0.480 e. The third kappa shape index (κ3) is 5.15. The van der Waals surface area contributed by atoms with Gasteiger partial charge >= 0.3 is 0 Å². The summed E-state index contributed by atoms with van der Waals surface area (Å²) < 4.78 is 5.21. The van der Waals surface area contributed by atoms with E-state index in [4.69, 9.17) is 4.74 Å². The SMILES string of the molecule is COc1cnc2cccc(C(O)CN3CCC(NCc4ccc5c(n4)NC(=O)CS5)CC3)c2n1. The quantitative estimate of drug-likeness (QED) is 0.469. The number of aliphatic hydroxyl groups excluding tert-OH is 1. The van der Waals surface area contributed by atoms with Gasteiger partial charge in [0, 0.05) is 24.7 Å². The molecule has 4 heterocycles. The number of methoxy groups -OCH3 is 1. The van der Waals surface area contributed by atoms with Gasteiger partial charge in [0.1, 0.15) is 5.82 Å². The third-order valence-electron chi connectivity index (χ3n) is 6.27. The Labute approximate surface area is 202 Å². The van der Waals surface area contributed by atoms with E-state index >= 15 is 0 Å². The summed E-state index contributed by atoms with van der Waals surface area (Å²) in [6.07, 6.45) is 2.92. The fraction of sp³-hybridized carbons (Fsp3) is 0.417. The summed E-state index contributed by atoms with van der Waals surface area (Å²) in [6.45, 7) is 3.02. The van der Waals surface area contributed by atoms with Crippen molar-refractivity contribution in [3.63, 3.8) is 0 Å². The first-order chi connectivity index (χ1) is 16.6. The molecule has 178 valence electrons. The van der Waals surface area contributed by atoms with Crippen LogP contribution in [0.4, 0.5) is 5.82 Å². The maximum absolute atomic E-state index is 11.6. The average Bonchev–Trinajstić information content (AvgIpc) is 2.87. The molecule has 0 saturated carbocycles. The number of pyridine rings is 1. The molecule has 1 unspecified atom stereocenters. The van der Waals surface area contributed by atoms with E-state index in [9.17, 15) is 9.90 Å². The number of carbonyl (C=O) groups is 1. The van der Waals surface area contributed by atoms with Crippen molar-refractivity contribution in [2.75, 3.05) is 37.8 Å².